The van der Waals surface area contributed by atoms with Crippen molar-refractivity contribution in [2.24, 2.45) is 0 Å². The summed E-state index contributed by atoms with van der Waals surface area (Å²) in [6.07, 6.45) is 0. The average molecular weight is 604 g/mol. The summed E-state index contributed by atoms with van der Waals surface area (Å²) in [5.74, 6) is 0.554. The maximum absolute atomic E-state index is 13.4. The summed E-state index contributed by atoms with van der Waals surface area (Å²) < 4.78 is 52.7. The molecule has 0 radical (unpaired) electrons. The summed E-state index contributed by atoms with van der Waals surface area (Å²) >= 11 is 3.37. The van der Waals surface area contributed by atoms with Gasteiger partial charge in [-0.3, -0.25) is 9.00 Å². The fourth-order valence-electron chi connectivity index (χ4n) is 3.04. The number of halogens is 1. The third kappa shape index (κ3) is 6.80. The van der Waals surface area contributed by atoms with E-state index in [0.717, 1.165) is 8.78 Å². The fraction of sp³-hybridized carbons (Fsp3) is 0.435. The molecule has 35 heavy (non-hydrogen) atoms. The first kappa shape index (κ1) is 28.0. The minimum Gasteiger partial charge on any atom is -0.457 e. The standard InChI is InChI=1S/C23H31BrN2O6S2Si/c1-23(2,3)35(4,5)32-25-22(27)21-16-33(28)15-14-26(21)34(29,30)20-12-10-19(11-13-20)31-18-8-6-17(24)7-9-18/h6-13,21H,14-16H2,1-5H3,(H,25,27)/t21-,33-/m1/s1. The molecule has 1 aliphatic rings. The van der Waals surface area contributed by atoms with Crippen molar-refractivity contribution in [3.05, 3.63) is 53.0 Å². The zero-order chi connectivity index (χ0) is 26.0. The molecule has 1 heterocycles. The van der Waals surface area contributed by atoms with Gasteiger partial charge in [0.1, 0.15) is 17.5 Å². The number of benzene rings is 2. The van der Waals surface area contributed by atoms with Crippen molar-refractivity contribution in [2.45, 2.75) is 49.8 Å². The molecule has 2 aromatic carbocycles. The van der Waals surface area contributed by atoms with Gasteiger partial charge in [-0.1, -0.05) is 36.7 Å². The minimum atomic E-state index is -4.02. The summed E-state index contributed by atoms with van der Waals surface area (Å²) in [5, 5.41) is -0.151. The van der Waals surface area contributed by atoms with Gasteiger partial charge in [0.25, 0.3) is 5.91 Å². The topological polar surface area (TPSA) is 102 Å². The van der Waals surface area contributed by atoms with E-state index in [1.54, 1.807) is 24.3 Å². The van der Waals surface area contributed by atoms with Crippen molar-refractivity contribution in [2.75, 3.05) is 18.1 Å². The molecule has 2 atom stereocenters. The van der Waals surface area contributed by atoms with Crippen LogP contribution in [0.3, 0.4) is 0 Å². The van der Waals surface area contributed by atoms with Crippen molar-refractivity contribution in [1.82, 2.24) is 9.79 Å². The van der Waals surface area contributed by atoms with Crippen LogP contribution in [0.15, 0.2) is 57.9 Å². The van der Waals surface area contributed by atoms with E-state index in [4.69, 9.17) is 9.26 Å². The molecule has 1 N–H and O–H groups in total. The van der Waals surface area contributed by atoms with Crippen LogP contribution in [0.4, 0.5) is 0 Å². The molecular formula is C23H31BrN2O6S2Si. The van der Waals surface area contributed by atoms with E-state index in [1.165, 1.54) is 12.1 Å². The van der Waals surface area contributed by atoms with Gasteiger partial charge in [-0.05, 0) is 66.7 Å². The minimum absolute atomic E-state index is 0.0235. The zero-order valence-corrected chi connectivity index (χ0v) is 24.6. The van der Waals surface area contributed by atoms with Gasteiger partial charge >= 0.3 is 0 Å². The first-order valence-electron chi connectivity index (χ1n) is 11.1. The number of carbonyl (C=O) groups excluding carboxylic acids is 1. The third-order valence-electron chi connectivity index (χ3n) is 6.23. The van der Waals surface area contributed by atoms with Gasteiger partial charge in [-0.15, -0.1) is 0 Å². The van der Waals surface area contributed by atoms with Crippen LogP contribution in [0.25, 0.3) is 0 Å². The Hall–Kier alpha value is -1.57. The number of amides is 1. The molecule has 12 heteroatoms. The van der Waals surface area contributed by atoms with Gasteiger partial charge < -0.3 is 9.26 Å². The van der Waals surface area contributed by atoms with Crippen molar-refractivity contribution >= 4 is 51.0 Å². The SMILES string of the molecule is CC(C)(C)[Si](C)(C)ONC(=O)[C@H]1C[S@](=O)CCN1S(=O)(=O)c1ccc(Oc2ccc(Br)cc2)cc1. The number of nitrogens with zero attached hydrogens (tertiary/aromatic N) is 1. The molecule has 8 nitrogen and oxygen atoms in total. The van der Waals surface area contributed by atoms with Gasteiger partial charge in [-0.25, -0.2) is 13.9 Å². The highest BCUT2D eigenvalue weighted by Gasteiger charge is 2.43. The third-order valence-corrected chi connectivity index (χ3v) is 14.2. The van der Waals surface area contributed by atoms with Gasteiger partial charge in [0, 0.05) is 33.3 Å². The molecule has 1 saturated heterocycles. The van der Waals surface area contributed by atoms with Gasteiger partial charge in [0.15, 0.2) is 0 Å². The lowest BCUT2D eigenvalue weighted by atomic mass is 10.2. The monoisotopic (exact) mass is 602 g/mol. The molecule has 0 aliphatic carbocycles. The second-order valence-corrected chi connectivity index (χ2v) is 19.0. The lowest BCUT2D eigenvalue weighted by molar-refractivity contribution is -0.131. The van der Waals surface area contributed by atoms with Crippen LogP contribution in [0.1, 0.15) is 20.8 Å². The van der Waals surface area contributed by atoms with Crippen LogP contribution in [-0.4, -0.2) is 55.2 Å². The summed E-state index contributed by atoms with van der Waals surface area (Å²) in [6.45, 7) is 10.0. The van der Waals surface area contributed by atoms with Gasteiger partial charge in [-0.2, -0.15) is 4.31 Å². The smallest absolute Gasteiger partial charge is 0.261 e. The molecule has 0 bridgehead atoms. The molecule has 1 fully saturated rings. The number of hydrogen-bond donors (Lipinski definition) is 1. The number of ether oxygens (including phenoxy) is 1. The highest BCUT2D eigenvalue weighted by molar-refractivity contribution is 9.10. The van der Waals surface area contributed by atoms with E-state index in [0.29, 0.717) is 11.5 Å². The molecule has 0 unspecified atom stereocenters. The summed E-state index contributed by atoms with van der Waals surface area (Å²) in [6, 6.07) is 12.1. The van der Waals surface area contributed by atoms with E-state index in [2.05, 4.69) is 21.4 Å². The Kier molecular flexibility index (Phi) is 8.65. The Morgan fingerprint density at radius 3 is 2.17 bits per heavy atom. The van der Waals surface area contributed by atoms with E-state index < -0.39 is 41.1 Å². The predicted molar refractivity (Wildman–Crippen MR) is 143 cm³/mol. The normalized spacial score (nSPS) is 19.8. The van der Waals surface area contributed by atoms with E-state index in [9.17, 15) is 17.4 Å². The Morgan fingerprint density at radius 2 is 1.63 bits per heavy atom. The molecule has 2 aromatic rings. The van der Waals surface area contributed by atoms with Crippen LogP contribution in [-0.2, 0) is 30.1 Å². The molecule has 192 valence electrons. The Labute approximate surface area is 219 Å². The molecule has 0 spiro atoms. The fourth-order valence-corrected chi connectivity index (χ4v) is 7.01. The number of hydrogen-bond acceptors (Lipinski definition) is 6. The van der Waals surface area contributed by atoms with Crippen LogP contribution in [0.2, 0.25) is 18.1 Å². The summed E-state index contributed by atoms with van der Waals surface area (Å²) in [5.41, 5.74) is 2.47. The van der Waals surface area contributed by atoms with Crippen LogP contribution in [0, 0.1) is 0 Å². The van der Waals surface area contributed by atoms with Gasteiger partial charge in [0.05, 0.1) is 4.90 Å². The zero-order valence-electron chi connectivity index (χ0n) is 20.4. The molecule has 1 aliphatic heterocycles. The van der Waals surface area contributed by atoms with Crippen molar-refractivity contribution < 1.29 is 26.7 Å². The largest absolute Gasteiger partial charge is 0.457 e. The van der Waals surface area contributed by atoms with E-state index >= 15 is 0 Å². The van der Waals surface area contributed by atoms with Crippen LogP contribution in [0.5, 0.6) is 11.5 Å². The number of nitrogens with one attached hydrogen (secondary N) is 1. The predicted octanol–water partition coefficient (Wildman–Crippen LogP) is 4.42. The Morgan fingerprint density at radius 1 is 1.09 bits per heavy atom. The van der Waals surface area contributed by atoms with Crippen molar-refractivity contribution in [1.29, 1.82) is 0 Å². The number of sulfonamides is 1. The molecule has 0 aromatic heterocycles. The second kappa shape index (κ2) is 10.8. The first-order valence-corrected chi connectivity index (χ1v) is 17.7. The summed E-state index contributed by atoms with van der Waals surface area (Å²) in [4.78, 5) is 13.0. The van der Waals surface area contributed by atoms with E-state index in [1.807, 2.05) is 46.0 Å². The Bertz CT molecular complexity index is 1180. The van der Waals surface area contributed by atoms with Crippen molar-refractivity contribution in [3.8, 4) is 11.5 Å². The molecular weight excluding hydrogens is 572 g/mol. The molecule has 1 amide bonds. The lowest BCUT2D eigenvalue weighted by Gasteiger charge is -2.37. The lowest BCUT2D eigenvalue weighted by Crippen LogP contribution is -2.58. The quantitative estimate of drug-likeness (QED) is 0.372. The molecule has 3 rings (SSSR count). The summed E-state index contributed by atoms with van der Waals surface area (Å²) in [7, 11) is -7.65. The first-order chi connectivity index (χ1) is 16.2. The van der Waals surface area contributed by atoms with Gasteiger partial charge in [0.2, 0.25) is 18.3 Å². The molecule has 0 saturated carbocycles. The number of carbonyl (C=O) groups is 1. The maximum Gasteiger partial charge on any atom is 0.261 e. The highest BCUT2D eigenvalue weighted by atomic mass is 79.9. The van der Waals surface area contributed by atoms with Crippen molar-refractivity contribution in [3.63, 3.8) is 0 Å². The number of rotatable bonds is 7. The van der Waals surface area contributed by atoms with E-state index in [-0.39, 0.29) is 28.0 Å². The van der Waals surface area contributed by atoms with Crippen LogP contribution >= 0.6 is 15.9 Å². The average Bonchev–Trinajstić information content (AvgIpc) is 2.78. The maximum atomic E-state index is 13.4. The van der Waals surface area contributed by atoms with Crippen LogP contribution < -0.4 is 10.2 Å². The second-order valence-electron chi connectivity index (χ2n) is 9.80. The highest BCUT2D eigenvalue weighted by Crippen LogP contribution is 2.36. The Balaban J connectivity index is 1.77. The number of hydroxylamine groups is 1.